The second-order valence-corrected chi connectivity index (χ2v) is 6.70. The van der Waals surface area contributed by atoms with Gasteiger partial charge in [-0.15, -0.1) is 5.10 Å². The molecule has 0 atom stereocenters. The summed E-state index contributed by atoms with van der Waals surface area (Å²) in [6.45, 7) is 2.32. The molecule has 0 saturated carbocycles. The van der Waals surface area contributed by atoms with Crippen molar-refractivity contribution < 1.29 is 17.9 Å². The molecule has 1 heterocycles. The highest BCUT2D eigenvalue weighted by atomic mass is 32.2. The summed E-state index contributed by atoms with van der Waals surface area (Å²) in [5.41, 5.74) is 6.21. The van der Waals surface area contributed by atoms with E-state index in [2.05, 4.69) is 15.0 Å². The molecule has 1 aromatic rings. The molecule has 0 saturated heterocycles. The Balaban J connectivity index is 2.80. The van der Waals surface area contributed by atoms with E-state index in [-0.39, 0.29) is 17.2 Å². The van der Waals surface area contributed by atoms with Crippen LogP contribution < -0.4 is 5.73 Å². The molecule has 0 fully saturated rings. The van der Waals surface area contributed by atoms with Crippen LogP contribution in [0.3, 0.4) is 0 Å². The topological polar surface area (TPSA) is 117 Å². The lowest BCUT2D eigenvalue weighted by Gasteiger charge is -2.06. The van der Waals surface area contributed by atoms with Gasteiger partial charge in [-0.1, -0.05) is 12.1 Å². The predicted molar refractivity (Wildman–Crippen MR) is 73.1 cm³/mol. The number of carbonyl (C=O) groups is 1. The van der Waals surface area contributed by atoms with Crippen LogP contribution in [0.2, 0.25) is 0 Å². The Kier molecular flexibility index (Phi) is 6.08. The standard InChI is InChI=1S/C11H20N4O4S/c1-3-20(17,18)8-4-7-15-9(5-6-12)10(13-14-15)11(16)19-2/h3-8,12H2,1-2H3. The van der Waals surface area contributed by atoms with Crippen LogP contribution in [-0.2, 0) is 27.5 Å². The van der Waals surface area contributed by atoms with E-state index >= 15 is 0 Å². The van der Waals surface area contributed by atoms with Gasteiger partial charge in [-0.2, -0.15) is 0 Å². The fourth-order valence-corrected chi connectivity index (χ4v) is 2.59. The summed E-state index contributed by atoms with van der Waals surface area (Å²) < 4.78 is 29.0. The van der Waals surface area contributed by atoms with Gasteiger partial charge in [-0.25, -0.2) is 17.9 Å². The quantitative estimate of drug-likeness (QED) is 0.637. The largest absolute Gasteiger partial charge is 0.464 e. The lowest BCUT2D eigenvalue weighted by molar-refractivity contribution is 0.0592. The maximum absolute atomic E-state index is 11.5. The number of rotatable bonds is 8. The number of ether oxygens (including phenoxy) is 1. The molecule has 0 radical (unpaired) electrons. The number of methoxy groups -OCH3 is 1. The molecule has 114 valence electrons. The lowest BCUT2D eigenvalue weighted by Crippen LogP contribution is -2.16. The number of nitrogens with two attached hydrogens (primary N) is 1. The van der Waals surface area contributed by atoms with Gasteiger partial charge in [0.1, 0.15) is 9.84 Å². The van der Waals surface area contributed by atoms with Crippen LogP contribution in [0, 0.1) is 0 Å². The van der Waals surface area contributed by atoms with Gasteiger partial charge in [-0.05, 0) is 13.0 Å². The monoisotopic (exact) mass is 304 g/mol. The molecule has 1 rings (SSSR count). The number of hydrogen-bond donors (Lipinski definition) is 1. The van der Waals surface area contributed by atoms with Gasteiger partial charge in [0.05, 0.1) is 18.6 Å². The van der Waals surface area contributed by atoms with Crippen LogP contribution in [0.1, 0.15) is 29.5 Å². The van der Waals surface area contributed by atoms with Crippen molar-refractivity contribution in [2.75, 3.05) is 25.2 Å². The first-order valence-electron chi connectivity index (χ1n) is 6.36. The Morgan fingerprint density at radius 3 is 2.70 bits per heavy atom. The fraction of sp³-hybridized carbons (Fsp3) is 0.727. The molecule has 0 amide bonds. The smallest absolute Gasteiger partial charge is 0.360 e. The van der Waals surface area contributed by atoms with E-state index < -0.39 is 15.8 Å². The van der Waals surface area contributed by atoms with Gasteiger partial charge in [0.2, 0.25) is 0 Å². The van der Waals surface area contributed by atoms with Crippen molar-refractivity contribution in [3.63, 3.8) is 0 Å². The lowest BCUT2D eigenvalue weighted by atomic mass is 10.2. The van der Waals surface area contributed by atoms with E-state index in [4.69, 9.17) is 5.73 Å². The third-order valence-corrected chi connectivity index (χ3v) is 4.65. The molecule has 2 N–H and O–H groups in total. The number of carbonyl (C=O) groups excluding carboxylic acids is 1. The van der Waals surface area contributed by atoms with E-state index in [1.807, 2.05) is 0 Å². The number of sulfone groups is 1. The molecule has 0 unspecified atom stereocenters. The third-order valence-electron chi connectivity index (χ3n) is 2.86. The summed E-state index contributed by atoms with van der Waals surface area (Å²) in [4.78, 5) is 11.5. The summed E-state index contributed by atoms with van der Waals surface area (Å²) in [5.74, 6) is -0.368. The zero-order valence-electron chi connectivity index (χ0n) is 11.7. The summed E-state index contributed by atoms with van der Waals surface area (Å²) in [6, 6.07) is 0. The van der Waals surface area contributed by atoms with Crippen LogP contribution in [0.5, 0.6) is 0 Å². The molecule has 0 aliphatic rings. The van der Waals surface area contributed by atoms with Crippen molar-refractivity contribution in [1.82, 2.24) is 15.0 Å². The Labute approximate surface area is 118 Å². The molecule has 1 aromatic heterocycles. The second kappa shape index (κ2) is 7.34. The Hall–Kier alpha value is -1.48. The van der Waals surface area contributed by atoms with Crippen LogP contribution >= 0.6 is 0 Å². The summed E-state index contributed by atoms with van der Waals surface area (Å²) in [6.07, 6.45) is 0.843. The zero-order valence-corrected chi connectivity index (χ0v) is 12.5. The minimum atomic E-state index is -3.01. The summed E-state index contributed by atoms with van der Waals surface area (Å²) in [7, 11) is -1.74. The van der Waals surface area contributed by atoms with Crippen molar-refractivity contribution >= 4 is 15.8 Å². The summed E-state index contributed by atoms with van der Waals surface area (Å²) in [5, 5.41) is 7.64. The van der Waals surface area contributed by atoms with Crippen molar-refractivity contribution in [1.29, 1.82) is 0 Å². The molecule has 0 aliphatic carbocycles. The van der Waals surface area contributed by atoms with E-state index in [1.54, 1.807) is 6.92 Å². The minimum absolute atomic E-state index is 0.0823. The van der Waals surface area contributed by atoms with Gasteiger partial charge in [-0.3, -0.25) is 0 Å². The van der Waals surface area contributed by atoms with Crippen LogP contribution in [0.25, 0.3) is 0 Å². The van der Waals surface area contributed by atoms with Crippen LogP contribution in [0.15, 0.2) is 0 Å². The molecule has 20 heavy (non-hydrogen) atoms. The third kappa shape index (κ3) is 4.27. The maximum Gasteiger partial charge on any atom is 0.360 e. The number of aryl methyl sites for hydroxylation is 1. The predicted octanol–water partition coefficient (Wildman–Crippen LogP) is -0.609. The van der Waals surface area contributed by atoms with Gasteiger partial charge >= 0.3 is 5.97 Å². The maximum atomic E-state index is 11.5. The van der Waals surface area contributed by atoms with Gasteiger partial charge in [0.15, 0.2) is 5.69 Å². The SMILES string of the molecule is CCS(=O)(=O)CCCn1nnc(C(=O)OC)c1CCN. The first-order valence-corrected chi connectivity index (χ1v) is 8.18. The Morgan fingerprint density at radius 1 is 1.45 bits per heavy atom. The Bertz CT molecular complexity index is 553. The molecule has 9 heteroatoms. The highest BCUT2D eigenvalue weighted by molar-refractivity contribution is 7.91. The molecule has 0 spiro atoms. The van der Waals surface area contributed by atoms with Crippen molar-refractivity contribution in [2.24, 2.45) is 5.73 Å². The average Bonchev–Trinajstić information content (AvgIpc) is 2.81. The van der Waals surface area contributed by atoms with Crippen molar-refractivity contribution in [3.05, 3.63) is 11.4 Å². The van der Waals surface area contributed by atoms with Crippen molar-refractivity contribution in [2.45, 2.75) is 26.3 Å². The fourth-order valence-electron chi connectivity index (χ4n) is 1.73. The van der Waals surface area contributed by atoms with Gasteiger partial charge < -0.3 is 10.5 Å². The Morgan fingerprint density at radius 2 is 2.15 bits per heavy atom. The highest BCUT2D eigenvalue weighted by Crippen LogP contribution is 2.09. The number of hydrogen-bond acceptors (Lipinski definition) is 7. The molecule has 0 aliphatic heterocycles. The van der Waals surface area contributed by atoms with Gasteiger partial charge in [0.25, 0.3) is 0 Å². The van der Waals surface area contributed by atoms with Crippen LogP contribution in [0.4, 0.5) is 0 Å². The van der Waals surface area contributed by atoms with E-state index in [0.29, 0.717) is 31.6 Å². The average molecular weight is 304 g/mol. The highest BCUT2D eigenvalue weighted by Gasteiger charge is 2.19. The molecule has 8 nitrogen and oxygen atoms in total. The van der Waals surface area contributed by atoms with E-state index in [1.165, 1.54) is 11.8 Å². The number of esters is 1. The van der Waals surface area contributed by atoms with E-state index in [9.17, 15) is 13.2 Å². The minimum Gasteiger partial charge on any atom is -0.464 e. The molecular formula is C11H20N4O4S. The summed E-state index contributed by atoms with van der Waals surface area (Å²) >= 11 is 0. The number of aromatic nitrogens is 3. The molecule has 0 bridgehead atoms. The second-order valence-electron chi connectivity index (χ2n) is 4.23. The normalized spacial score (nSPS) is 11.6. The molecular weight excluding hydrogens is 284 g/mol. The van der Waals surface area contributed by atoms with Crippen molar-refractivity contribution in [3.8, 4) is 0 Å². The number of nitrogens with zero attached hydrogens (tertiary/aromatic N) is 3. The molecule has 0 aromatic carbocycles. The van der Waals surface area contributed by atoms with Gasteiger partial charge in [0, 0.05) is 18.7 Å². The zero-order chi connectivity index (χ0) is 15.2. The first kappa shape index (κ1) is 16.6. The van der Waals surface area contributed by atoms with Crippen LogP contribution in [-0.4, -0.2) is 54.5 Å². The van der Waals surface area contributed by atoms with E-state index in [0.717, 1.165) is 0 Å². The first-order chi connectivity index (χ1) is 9.45.